The van der Waals surface area contributed by atoms with Gasteiger partial charge in [0.2, 0.25) is 11.9 Å². The molecule has 0 bridgehead atoms. The van der Waals surface area contributed by atoms with Crippen molar-refractivity contribution in [2.75, 3.05) is 31.6 Å². The minimum atomic E-state index is -0.309. The highest BCUT2D eigenvalue weighted by Gasteiger charge is 2.19. The lowest BCUT2D eigenvalue weighted by Gasteiger charge is -2.18. The fourth-order valence-electron chi connectivity index (χ4n) is 4.54. The summed E-state index contributed by atoms with van der Waals surface area (Å²) in [6, 6.07) is 16.9. The number of nitrogens with one attached hydrogen (secondary N) is 1. The van der Waals surface area contributed by atoms with E-state index in [1.807, 2.05) is 48.5 Å². The Kier molecular flexibility index (Phi) is 6.55. The molecule has 4 heterocycles. The molecular weight excluding hydrogens is 494 g/mol. The number of nitrogens with zero attached hydrogens (tertiary/aromatic N) is 8. The Balaban J connectivity index is 1.32. The van der Waals surface area contributed by atoms with Crippen molar-refractivity contribution >= 4 is 39.2 Å². The van der Waals surface area contributed by atoms with Crippen LogP contribution in [0.25, 0.3) is 33.5 Å². The van der Waals surface area contributed by atoms with Gasteiger partial charge in [0, 0.05) is 36.2 Å². The minimum absolute atomic E-state index is 0.287. The molecule has 0 aliphatic rings. The van der Waals surface area contributed by atoms with Crippen molar-refractivity contribution in [3.05, 3.63) is 83.5 Å². The van der Waals surface area contributed by atoms with E-state index >= 15 is 0 Å². The van der Waals surface area contributed by atoms with Crippen LogP contribution >= 0.6 is 0 Å². The lowest BCUT2D eigenvalue weighted by Crippen LogP contribution is -2.27. The molecule has 196 valence electrons. The van der Waals surface area contributed by atoms with Gasteiger partial charge < -0.3 is 15.0 Å². The monoisotopic (exact) mass is 521 g/mol. The lowest BCUT2D eigenvalue weighted by molar-refractivity contribution is 0.223. The second kappa shape index (κ2) is 10.5. The van der Waals surface area contributed by atoms with Crippen LogP contribution in [-0.2, 0) is 0 Å². The van der Waals surface area contributed by atoms with Crippen LogP contribution in [0.3, 0.4) is 0 Å². The summed E-state index contributed by atoms with van der Waals surface area (Å²) in [5.74, 6) is 1.50. The summed E-state index contributed by atoms with van der Waals surface area (Å²) in [6.07, 6.45) is 4.76. The van der Waals surface area contributed by atoms with E-state index in [1.54, 1.807) is 23.1 Å². The van der Waals surface area contributed by atoms with Crippen LogP contribution in [-0.4, -0.2) is 65.3 Å². The average molecular weight is 522 g/mol. The number of fused-ring (bicyclic) bond motifs is 4. The second-order valence-corrected chi connectivity index (χ2v) is 8.89. The first-order valence-corrected chi connectivity index (χ1v) is 12.8. The van der Waals surface area contributed by atoms with Gasteiger partial charge in [-0.05, 0) is 55.6 Å². The molecule has 4 aromatic heterocycles. The molecule has 0 unspecified atom stereocenters. The number of rotatable bonds is 9. The van der Waals surface area contributed by atoms with Gasteiger partial charge in [0.05, 0.1) is 5.52 Å². The summed E-state index contributed by atoms with van der Waals surface area (Å²) in [4.78, 5) is 38.4. The number of para-hydroxylation sites is 1. The van der Waals surface area contributed by atoms with Crippen molar-refractivity contribution in [2.24, 2.45) is 0 Å². The number of anilines is 2. The van der Waals surface area contributed by atoms with Crippen LogP contribution in [0.5, 0.6) is 5.75 Å². The van der Waals surface area contributed by atoms with Crippen molar-refractivity contribution in [2.45, 2.75) is 13.8 Å². The summed E-state index contributed by atoms with van der Waals surface area (Å²) in [5, 5.41) is 4.26. The third-order valence-electron chi connectivity index (χ3n) is 6.60. The van der Waals surface area contributed by atoms with Crippen molar-refractivity contribution in [3.8, 4) is 11.7 Å². The minimum Gasteiger partial charge on any atom is -0.492 e. The second-order valence-electron chi connectivity index (χ2n) is 8.89. The molecule has 39 heavy (non-hydrogen) atoms. The van der Waals surface area contributed by atoms with Gasteiger partial charge in [-0.25, -0.2) is 24.6 Å². The molecule has 6 aromatic rings. The number of hydrogen-bond acceptors (Lipinski definition) is 9. The van der Waals surface area contributed by atoms with Crippen LogP contribution in [0.4, 0.5) is 11.6 Å². The summed E-state index contributed by atoms with van der Waals surface area (Å²) in [6.45, 7) is 7.81. The molecule has 0 radical (unpaired) electrons. The van der Waals surface area contributed by atoms with Crippen molar-refractivity contribution in [3.63, 3.8) is 0 Å². The molecule has 6 rings (SSSR count). The molecule has 0 fully saturated rings. The molecule has 1 N–H and O–H groups in total. The Bertz CT molecular complexity index is 1810. The van der Waals surface area contributed by atoms with E-state index in [0.29, 0.717) is 29.8 Å². The fraction of sp³-hybridized carbons (Fsp3) is 0.214. The first-order chi connectivity index (χ1) is 19.2. The van der Waals surface area contributed by atoms with E-state index in [-0.39, 0.29) is 10.9 Å². The molecule has 0 saturated carbocycles. The van der Waals surface area contributed by atoms with E-state index in [9.17, 15) is 4.79 Å². The Hall–Kier alpha value is -4.90. The SMILES string of the molecule is CCN(CC)CCOc1ccc(Nc2ncc3c(=O)n4c(nc3n2)c2ccccc2n4-c2ncccn2)cc1. The van der Waals surface area contributed by atoms with Gasteiger partial charge in [0.15, 0.2) is 11.3 Å². The van der Waals surface area contributed by atoms with Crippen molar-refractivity contribution in [1.82, 2.24) is 39.0 Å². The fourth-order valence-corrected chi connectivity index (χ4v) is 4.54. The Morgan fingerprint density at radius 2 is 1.67 bits per heavy atom. The maximum absolute atomic E-state index is 13.7. The van der Waals surface area contributed by atoms with Crippen molar-refractivity contribution < 1.29 is 4.74 Å². The highest BCUT2D eigenvalue weighted by molar-refractivity contribution is 5.95. The van der Waals surface area contributed by atoms with Gasteiger partial charge in [-0.1, -0.05) is 26.0 Å². The zero-order chi connectivity index (χ0) is 26.8. The molecule has 11 heteroatoms. The molecule has 11 nitrogen and oxygen atoms in total. The number of hydrogen-bond donors (Lipinski definition) is 1. The van der Waals surface area contributed by atoms with Gasteiger partial charge >= 0.3 is 0 Å². The number of aromatic nitrogens is 7. The summed E-state index contributed by atoms with van der Waals surface area (Å²) in [7, 11) is 0. The van der Waals surface area contributed by atoms with Gasteiger partial charge in [-0.3, -0.25) is 4.79 Å². The molecule has 0 aliphatic heterocycles. The first-order valence-electron chi connectivity index (χ1n) is 12.8. The summed E-state index contributed by atoms with van der Waals surface area (Å²) >= 11 is 0. The Morgan fingerprint density at radius 3 is 2.44 bits per heavy atom. The van der Waals surface area contributed by atoms with Gasteiger partial charge in [0.1, 0.15) is 17.7 Å². The zero-order valence-electron chi connectivity index (χ0n) is 21.7. The van der Waals surface area contributed by atoms with E-state index in [4.69, 9.17) is 9.72 Å². The van der Waals surface area contributed by atoms with E-state index in [2.05, 4.69) is 44.0 Å². The number of ether oxygens (including phenoxy) is 1. The maximum atomic E-state index is 13.7. The first kappa shape index (κ1) is 24.4. The van der Waals surface area contributed by atoms with Crippen LogP contribution in [0.15, 0.2) is 78.0 Å². The quantitative estimate of drug-likeness (QED) is 0.303. The van der Waals surface area contributed by atoms with E-state index in [1.165, 1.54) is 10.7 Å². The molecule has 0 spiro atoms. The molecule has 2 aromatic carbocycles. The van der Waals surface area contributed by atoms with Crippen LogP contribution in [0, 0.1) is 0 Å². The number of benzene rings is 2. The summed E-state index contributed by atoms with van der Waals surface area (Å²) in [5.41, 5.74) is 2.00. The topological polar surface area (TPSA) is 115 Å². The molecular formula is C28H27N9O2. The van der Waals surface area contributed by atoms with Crippen LogP contribution < -0.4 is 15.6 Å². The average Bonchev–Trinajstić information content (AvgIpc) is 3.31. The summed E-state index contributed by atoms with van der Waals surface area (Å²) < 4.78 is 9.00. The predicted octanol–water partition coefficient (Wildman–Crippen LogP) is 3.84. The highest BCUT2D eigenvalue weighted by atomic mass is 16.5. The smallest absolute Gasteiger partial charge is 0.284 e. The molecule has 0 atom stereocenters. The van der Waals surface area contributed by atoms with E-state index in [0.717, 1.165) is 42.0 Å². The maximum Gasteiger partial charge on any atom is 0.284 e. The van der Waals surface area contributed by atoms with Crippen LogP contribution in [0.1, 0.15) is 13.8 Å². The highest BCUT2D eigenvalue weighted by Crippen LogP contribution is 2.24. The Labute approximate surface area is 223 Å². The number of likely N-dealkylation sites (N-methyl/N-ethyl adjacent to an activating group) is 1. The zero-order valence-corrected chi connectivity index (χ0v) is 21.7. The third-order valence-corrected chi connectivity index (χ3v) is 6.60. The Morgan fingerprint density at radius 1 is 0.897 bits per heavy atom. The van der Waals surface area contributed by atoms with Gasteiger partial charge in [-0.15, -0.1) is 0 Å². The van der Waals surface area contributed by atoms with Crippen LogP contribution in [0.2, 0.25) is 0 Å². The normalized spacial score (nSPS) is 11.6. The lowest BCUT2D eigenvalue weighted by atomic mass is 10.2. The largest absolute Gasteiger partial charge is 0.492 e. The third kappa shape index (κ3) is 4.64. The molecule has 0 amide bonds. The standard InChI is InChI=1S/C28H27N9O2/c1-3-35(4-2)16-17-39-20-12-10-19(11-13-20)32-27-31-18-22-24(34-27)33-25-21-8-5-6-9-23(21)36(37(25)26(22)38)28-29-14-7-15-30-28/h5-15,18H,3-4,16-17H2,1-2H3,(H,31,32,34). The van der Waals surface area contributed by atoms with Gasteiger partial charge in [-0.2, -0.15) is 9.50 Å². The van der Waals surface area contributed by atoms with Gasteiger partial charge in [0.25, 0.3) is 5.56 Å². The predicted molar refractivity (Wildman–Crippen MR) is 150 cm³/mol. The van der Waals surface area contributed by atoms with Crippen molar-refractivity contribution in [1.29, 1.82) is 0 Å². The van der Waals surface area contributed by atoms with E-state index < -0.39 is 0 Å². The molecule has 0 aliphatic carbocycles. The molecule has 0 saturated heterocycles.